The minimum Gasteiger partial charge on any atom is -0.326 e. The molecule has 1 aromatic heterocycles. The van der Waals surface area contributed by atoms with Gasteiger partial charge < -0.3 is 5.73 Å². The van der Waals surface area contributed by atoms with Crippen molar-refractivity contribution in [1.29, 1.82) is 0 Å². The van der Waals surface area contributed by atoms with Gasteiger partial charge in [0.25, 0.3) is 0 Å². The second-order valence-corrected chi connectivity index (χ2v) is 2.80. The number of rotatable bonds is 0. The zero-order valence-electron chi connectivity index (χ0n) is 5.83. The van der Waals surface area contributed by atoms with Crippen molar-refractivity contribution in [2.75, 3.05) is 0 Å². The average Bonchev–Trinajstić information content (AvgIpc) is 2.33. The maximum atomic E-state index is 5.75. The van der Waals surface area contributed by atoms with Gasteiger partial charge in [0, 0.05) is 17.9 Å². The van der Waals surface area contributed by atoms with E-state index < -0.39 is 0 Å². The summed E-state index contributed by atoms with van der Waals surface area (Å²) < 4.78 is 1.99. The Bertz CT molecular complexity index is 229. The molecule has 0 radical (unpaired) electrons. The molecule has 0 spiro atoms. The highest BCUT2D eigenvalue weighted by Crippen LogP contribution is 2.11. The lowest BCUT2D eigenvalue weighted by Gasteiger charge is -2.19. The smallest absolute Gasteiger partial charge is 0.0563 e. The summed E-state index contributed by atoms with van der Waals surface area (Å²) in [7, 11) is 0. The molecule has 0 aromatic carbocycles. The molecule has 3 heteroatoms. The highest BCUT2D eigenvalue weighted by atomic mass is 15.3. The third kappa shape index (κ3) is 0.827. The van der Waals surface area contributed by atoms with Crippen LogP contribution in [0.15, 0.2) is 12.3 Å². The van der Waals surface area contributed by atoms with Crippen LogP contribution < -0.4 is 5.73 Å². The largest absolute Gasteiger partial charge is 0.326 e. The normalized spacial score (nSPS) is 24.3. The Kier molecular flexibility index (Phi) is 1.24. The van der Waals surface area contributed by atoms with Gasteiger partial charge in [-0.1, -0.05) is 0 Å². The Morgan fingerprint density at radius 1 is 1.70 bits per heavy atom. The van der Waals surface area contributed by atoms with Crippen LogP contribution in [0.5, 0.6) is 0 Å². The zero-order valence-corrected chi connectivity index (χ0v) is 5.83. The highest BCUT2D eigenvalue weighted by molar-refractivity contribution is 5.03. The van der Waals surface area contributed by atoms with Gasteiger partial charge in [-0.25, -0.2) is 0 Å². The van der Waals surface area contributed by atoms with E-state index in [2.05, 4.69) is 11.2 Å². The van der Waals surface area contributed by atoms with Crippen LogP contribution in [0.1, 0.15) is 12.1 Å². The Balaban J connectivity index is 2.30. The fourth-order valence-electron chi connectivity index (χ4n) is 1.38. The first-order valence-electron chi connectivity index (χ1n) is 3.62. The molecule has 2 rings (SSSR count). The summed E-state index contributed by atoms with van der Waals surface area (Å²) in [6.45, 7) is 0.891. The van der Waals surface area contributed by atoms with E-state index in [4.69, 9.17) is 5.73 Å². The molecule has 1 atom stereocenters. The molecule has 1 aliphatic heterocycles. The van der Waals surface area contributed by atoms with E-state index in [0.717, 1.165) is 19.4 Å². The molecule has 1 unspecified atom stereocenters. The number of aryl methyl sites for hydroxylation is 1. The van der Waals surface area contributed by atoms with Crippen LogP contribution in [-0.2, 0) is 13.0 Å². The first-order chi connectivity index (χ1) is 4.86. The van der Waals surface area contributed by atoms with Crippen LogP contribution in [0.25, 0.3) is 0 Å². The van der Waals surface area contributed by atoms with Crippen molar-refractivity contribution < 1.29 is 0 Å². The van der Waals surface area contributed by atoms with Crippen LogP contribution in [0.2, 0.25) is 0 Å². The molecule has 1 aromatic rings. The predicted octanol–water partition coefficient (Wildman–Crippen LogP) is 0.157. The van der Waals surface area contributed by atoms with E-state index in [1.165, 1.54) is 5.69 Å². The first-order valence-corrected chi connectivity index (χ1v) is 3.62. The van der Waals surface area contributed by atoms with E-state index in [1.54, 1.807) is 0 Å². The summed E-state index contributed by atoms with van der Waals surface area (Å²) in [5.41, 5.74) is 7.07. The number of nitrogens with zero attached hydrogens (tertiary/aromatic N) is 2. The van der Waals surface area contributed by atoms with Crippen molar-refractivity contribution in [2.45, 2.75) is 25.4 Å². The van der Waals surface area contributed by atoms with E-state index >= 15 is 0 Å². The molecule has 0 fully saturated rings. The van der Waals surface area contributed by atoms with Gasteiger partial charge in [0.1, 0.15) is 0 Å². The topological polar surface area (TPSA) is 43.8 Å². The van der Waals surface area contributed by atoms with Crippen molar-refractivity contribution in [2.24, 2.45) is 5.73 Å². The summed E-state index contributed by atoms with van der Waals surface area (Å²) >= 11 is 0. The lowest BCUT2D eigenvalue weighted by Crippen LogP contribution is -2.32. The van der Waals surface area contributed by atoms with Crippen molar-refractivity contribution in [3.63, 3.8) is 0 Å². The van der Waals surface area contributed by atoms with Crippen LogP contribution in [-0.4, -0.2) is 15.8 Å². The fraction of sp³-hybridized carbons (Fsp3) is 0.571. The van der Waals surface area contributed by atoms with Crippen molar-refractivity contribution in [3.8, 4) is 0 Å². The highest BCUT2D eigenvalue weighted by Gasteiger charge is 2.13. The molecule has 2 N–H and O–H groups in total. The Morgan fingerprint density at radius 3 is 3.50 bits per heavy atom. The van der Waals surface area contributed by atoms with Crippen molar-refractivity contribution in [1.82, 2.24) is 9.78 Å². The summed E-state index contributed by atoms with van der Waals surface area (Å²) in [6.07, 6.45) is 4.03. The second kappa shape index (κ2) is 2.09. The van der Waals surface area contributed by atoms with Crippen LogP contribution in [0, 0.1) is 0 Å². The summed E-state index contributed by atoms with van der Waals surface area (Å²) in [5.74, 6) is 0. The maximum absolute atomic E-state index is 5.75. The maximum Gasteiger partial charge on any atom is 0.0563 e. The third-order valence-electron chi connectivity index (χ3n) is 1.98. The monoisotopic (exact) mass is 137 g/mol. The van der Waals surface area contributed by atoms with E-state index in [1.807, 2.05) is 10.9 Å². The third-order valence-corrected chi connectivity index (χ3v) is 1.98. The molecular weight excluding hydrogens is 126 g/mol. The van der Waals surface area contributed by atoms with Crippen LogP contribution >= 0.6 is 0 Å². The Labute approximate surface area is 59.8 Å². The number of hydrogen-bond donors (Lipinski definition) is 1. The van der Waals surface area contributed by atoms with Gasteiger partial charge in [-0.15, -0.1) is 0 Å². The van der Waals surface area contributed by atoms with Crippen molar-refractivity contribution >= 4 is 0 Å². The number of fused-ring (bicyclic) bond motifs is 1. The quantitative estimate of drug-likeness (QED) is 0.553. The molecular formula is C7H11N3. The number of nitrogens with two attached hydrogens (primary N) is 1. The predicted molar refractivity (Wildman–Crippen MR) is 38.5 cm³/mol. The van der Waals surface area contributed by atoms with Gasteiger partial charge in [-0.2, -0.15) is 5.10 Å². The van der Waals surface area contributed by atoms with Crippen molar-refractivity contribution in [3.05, 3.63) is 18.0 Å². The van der Waals surface area contributed by atoms with E-state index in [-0.39, 0.29) is 0 Å². The first kappa shape index (κ1) is 5.92. The van der Waals surface area contributed by atoms with Gasteiger partial charge in [0.05, 0.1) is 6.54 Å². The summed E-state index contributed by atoms with van der Waals surface area (Å²) in [4.78, 5) is 0. The lowest BCUT2D eigenvalue weighted by molar-refractivity contribution is 0.427. The van der Waals surface area contributed by atoms with Crippen LogP contribution in [0.4, 0.5) is 0 Å². The minimum absolute atomic E-state index is 0.312. The number of aromatic nitrogens is 2. The van der Waals surface area contributed by atoms with Gasteiger partial charge in [0.15, 0.2) is 0 Å². The summed E-state index contributed by atoms with van der Waals surface area (Å²) in [6, 6.07) is 2.37. The Morgan fingerprint density at radius 2 is 2.60 bits per heavy atom. The minimum atomic E-state index is 0.312. The standard InChI is InChI=1S/C7H11N3/c8-6-1-2-7-3-4-9-10(7)5-6/h3-4,6H,1-2,5,8H2. The molecule has 10 heavy (non-hydrogen) atoms. The number of hydrogen-bond acceptors (Lipinski definition) is 2. The molecule has 0 saturated carbocycles. The van der Waals surface area contributed by atoms with E-state index in [9.17, 15) is 0 Å². The van der Waals surface area contributed by atoms with Gasteiger partial charge in [-0.3, -0.25) is 4.68 Å². The molecule has 0 amide bonds. The summed E-state index contributed by atoms with van der Waals surface area (Å²) in [5, 5.41) is 4.14. The van der Waals surface area contributed by atoms with E-state index in [0.29, 0.717) is 6.04 Å². The molecule has 0 saturated heterocycles. The zero-order chi connectivity index (χ0) is 6.97. The molecule has 0 aliphatic carbocycles. The van der Waals surface area contributed by atoms with Gasteiger partial charge in [-0.05, 0) is 18.9 Å². The van der Waals surface area contributed by atoms with Crippen LogP contribution in [0.3, 0.4) is 0 Å². The molecule has 1 aliphatic rings. The fourth-order valence-corrected chi connectivity index (χ4v) is 1.38. The molecule has 3 nitrogen and oxygen atoms in total. The van der Waals surface area contributed by atoms with Gasteiger partial charge >= 0.3 is 0 Å². The molecule has 54 valence electrons. The molecule has 2 heterocycles. The second-order valence-electron chi connectivity index (χ2n) is 2.80. The molecule has 0 bridgehead atoms. The SMILES string of the molecule is NC1CCc2ccnn2C1. The van der Waals surface area contributed by atoms with Gasteiger partial charge in [0.2, 0.25) is 0 Å². The Hall–Kier alpha value is -0.830. The average molecular weight is 137 g/mol. The lowest BCUT2D eigenvalue weighted by atomic mass is 10.1.